The Morgan fingerprint density at radius 2 is 0.974 bits per heavy atom. The van der Waals surface area contributed by atoms with Crippen molar-refractivity contribution in [2.45, 2.75) is 0 Å². The van der Waals surface area contributed by atoms with Crippen LogP contribution in [0.2, 0.25) is 0 Å². The fraction of sp³-hybridized carbons (Fsp3) is 0. The first kappa shape index (κ1) is 22.4. The van der Waals surface area contributed by atoms with Gasteiger partial charge < -0.3 is 4.81 Å². The lowest BCUT2D eigenvalue weighted by atomic mass is 9.45. The second kappa shape index (κ2) is 9.57. The minimum Gasteiger partial charge on any atom is -0.376 e. The van der Waals surface area contributed by atoms with Gasteiger partial charge in [0.15, 0.2) is 0 Å². The molecule has 0 atom stereocenters. The molecule has 0 N–H and O–H groups in total. The Morgan fingerprint density at radius 1 is 0.395 bits per heavy atom. The number of fused-ring (bicyclic) bond motifs is 3. The lowest BCUT2D eigenvalue weighted by Gasteiger charge is -2.39. The quantitative estimate of drug-likeness (QED) is 0.230. The highest BCUT2D eigenvalue weighted by molar-refractivity contribution is 6.90. The Labute approximate surface area is 224 Å². The van der Waals surface area contributed by atoms with Gasteiger partial charge in [-0.1, -0.05) is 133 Å². The summed E-state index contributed by atoms with van der Waals surface area (Å²) < 4.78 is 0. The van der Waals surface area contributed by atoms with Crippen molar-refractivity contribution in [1.82, 2.24) is 0 Å². The molecule has 1 aliphatic rings. The van der Waals surface area contributed by atoms with E-state index in [-0.39, 0.29) is 6.85 Å². The smallest absolute Gasteiger partial charge is 0.328 e. The predicted octanol–water partition coefficient (Wildman–Crippen LogP) is 7.95. The van der Waals surface area contributed by atoms with Gasteiger partial charge in [0.25, 0.3) is 0 Å². The van der Waals surface area contributed by atoms with Crippen LogP contribution in [0.3, 0.4) is 0 Å². The van der Waals surface area contributed by atoms with E-state index in [1.165, 1.54) is 55.7 Å². The van der Waals surface area contributed by atoms with E-state index in [4.69, 9.17) is 0 Å². The average molecular weight is 483 g/mol. The largest absolute Gasteiger partial charge is 0.376 e. The van der Waals surface area contributed by atoms with Crippen molar-refractivity contribution in [2.24, 2.45) is 0 Å². The van der Waals surface area contributed by atoms with E-state index < -0.39 is 0 Å². The maximum Gasteiger partial charge on any atom is 0.328 e. The maximum atomic E-state index is 2.49. The first-order chi connectivity index (χ1) is 18.9. The van der Waals surface area contributed by atoms with Gasteiger partial charge in [0.2, 0.25) is 0 Å². The normalized spacial score (nSPS) is 12.1. The number of rotatable bonds is 4. The number of benzene rings is 6. The highest BCUT2D eigenvalue weighted by atomic mass is 15.1. The van der Waals surface area contributed by atoms with Gasteiger partial charge in [-0.2, -0.15) is 0 Å². The van der Waals surface area contributed by atoms with Crippen LogP contribution in [0.25, 0.3) is 33.4 Å². The summed E-state index contributed by atoms with van der Waals surface area (Å²) >= 11 is 0. The van der Waals surface area contributed by atoms with Crippen molar-refractivity contribution in [1.29, 1.82) is 0 Å². The Balaban J connectivity index is 1.42. The molecule has 0 aliphatic carbocycles. The summed E-state index contributed by atoms with van der Waals surface area (Å²) in [4.78, 5) is 2.49. The molecule has 0 aromatic heterocycles. The van der Waals surface area contributed by atoms with Crippen LogP contribution in [0.4, 0.5) is 11.4 Å². The van der Waals surface area contributed by atoms with Gasteiger partial charge in [-0.3, -0.25) is 0 Å². The highest BCUT2D eigenvalue weighted by Gasteiger charge is 2.36. The average Bonchev–Trinajstić information content (AvgIpc) is 3.01. The van der Waals surface area contributed by atoms with E-state index in [0.717, 1.165) is 0 Å². The number of hydrogen-bond donors (Lipinski definition) is 0. The van der Waals surface area contributed by atoms with Crippen LogP contribution in [-0.4, -0.2) is 6.85 Å². The monoisotopic (exact) mass is 483 g/mol. The van der Waals surface area contributed by atoms with E-state index in [1.807, 2.05) is 0 Å². The van der Waals surface area contributed by atoms with Crippen molar-refractivity contribution >= 4 is 29.1 Å². The van der Waals surface area contributed by atoms with Gasteiger partial charge in [0, 0.05) is 16.9 Å². The molecule has 0 unspecified atom stereocenters. The van der Waals surface area contributed by atoms with Crippen LogP contribution in [0, 0.1) is 0 Å². The first-order valence-corrected chi connectivity index (χ1v) is 13.2. The summed E-state index contributed by atoms with van der Waals surface area (Å²) in [7, 11) is 0. The lowest BCUT2D eigenvalue weighted by Crippen LogP contribution is -2.57. The number of hydrogen-bond acceptors (Lipinski definition) is 1. The van der Waals surface area contributed by atoms with E-state index >= 15 is 0 Å². The van der Waals surface area contributed by atoms with E-state index in [1.54, 1.807) is 0 Å². The summed E-state index contributed by atoms with van der Waals surface area (Å²) in [6.07, 6.45) is 0. The van der Waals surface area contributed by atoms with Crippen molar-refractivity contribution in [3.63, 3.8) is 0 Å². The molecule has 6 aromatic rings. The molecule has 0 spiro atoms. The van der Waals surface area contributed by atoms with Crippen LogP contribution in [0.1, 0.15) is 0 Å². The number of para-hydroxylation sites is 2. The number of nitrogens with zero attached hydrogens (tertiary/aromatic N) is 1. The molecule has 0 saturated heterocycles. The summed E-state index contributed by atoms with van der Waals surface area (Å²) in [5.41, 5.74) is 12.5. The molecule has 2 heteroatoms. The summed E-state index contributed by atoms with van der Waals surface area (Å²) in [6, 6.07) is 56.9. The van der Waals surface area contributed by atoms with Crippen LogP contribution in [-0.2, 0) is 0 Å². The van der Waals surface area contributed by atoms with E-state index in [2.05, 4.69) is 163 Å². The van der Waals surface area contributed by atoms with E-state index in [0.29, 0.717) is 0 Å². The van der Waals surface area contributed by atoms with Crippen molar-refractivity contribution in [3.05, 3.63) is 158 Å². The zero-order chi connectivity index (χ0) is 25.3. The second-order valence-electron chi connectivity index (χ2n) is 9.78. The molecule has 0 amide bonds. The molecule has 7 rings (SSSR count). The maximum absolute atomic E-state index is 2.49. The predicted molar refractivity (Wildman–Crippen MR) is 163 cm³/mol. The molecule has 1 heterocycles. The Morgan fingerprint density at radius 3 is 1.74 bits per heavy atom. The van der Waals surface area contributed by atoms with Gasteiger partial charge in [0.05, 0.1) is 0 Å². The minimum atomic E-state index is 0.0770. The molecule has 0 bridgehead atoms. The summed E-state index contributed by atoms with van der Waals surface area (Å²) in [5, 5.41) is 0. The standard InChI is InChI=1S/C36H26BN/c1-4-13-27(14-5-1)28-15-12-16-29(25-28)30-23-24-35-34(26-30)33-21-10-11-22-36(33)38(32-19-8-3-9-20-32)37(35)31-17-6-2-7-18-31/h1-26H. The Bertz CT molecular complexity index is 1710. The van der Waals surface area contributed by atoms with Crippen LogP contribution in [0.5, 0.6) is 0 Å². The highest BCUT2D eigenvalue weighted by Crippen LogP contribution is 2.40. The molecule has 1 aliphatic heterocycles. The molecule has 1 nitrogen and oxygen atoms in total. The van der Waals surface area contributed by atoms with Crippen LogP contribution >= 0.6 is 0 Å². The molecule has 0 fully saturated rings. The molecule has 6 aromatic carbocycles. The fourth-order valence-electron chi connectivity index (χ4n) is 5.75. The lowest BCUT2D eigenvalue weighted by molar-refractivity contribution is 1.36. The molecule has 38 heavy (non-hydrogen) atoms. The zero-order valence-electron chi connectivity index (χ0n) is 21.0. The SMILES string of the molecule is c1ccc(B2c3ccc(-c4cccc(-c5ccccc5)c4)cc3-c3ccccc3N2c2ccccc2)cc1. The van der Waals surface area contributed by atoms with Gasteiger partial charge in [-0.25, -0.2) is 0 Å². The summed E-state index contributed by atoms with van der Waals surface area (Å²) in [6.45, 7) is 0.0770. The minimum absolute atomic E-state index is 0.0770. The van der Waals surface area contributed by atoms with Gasteiger partial charge in [-0.15, -0.1) is 0 Å². The third-order valence-electron chi connectivity index (χ3n) is 7.51. The fourth-order valence-corrected chi connectivity index (χ4v) is 5.75. The molecule has 0 saturated carbocycles. The van der Waals surface area contributed by atoms with Gasteiger partial charge >= 0.3 is 6.85 Å². The van der Waals surface area contributed by atoms with Crippen LogP contribution < -0.4 is 15.7 Å². The Hall–Kier alpha value is -4.82. The van der Waals surface area contributed by atoms with Crippen LogP contribution in [0.15, 0.2) is 158 Å². The molecule has 0 radical (unpaired) electrons. The topological polar surface area (TPSA) is 3.24 Å². The molecular formula is C36H26BN. The third-order valence-corrected chi connectivity index (χ3v) is 7.51. The first-order valence-electron chi connectivity index (χ1n) is 13.2. The third kappa shape index (κ3) is 3.92. The zero-order valence-corrected chi connectivity index (χ0v) is 21.0. The van der Waals surface area contributed by atoms with Crippen molar-refractivity contribution < 1.29 is 0 Å². The summed E-state index contributed by atoms with van der Waals surface area (Å²) in [5.74, 6) is 0. The van der Waals surface area contributed by atoms with Gasteiger partial charge in [0.1, 0.15) is 0 Å². The van der Waals surface area contributed by atoms with E-state index in [9.17, 15) is 0 Å². The van der Waals surface area contributed by atoms with Crippen molar-refractivity contribution in [3.8, 4) is 33.4 Å². The number of anilines is 2. The Kier molecular flexibility index (Phi) is 5.64. The van der Waals surface area contributed by atoms with Crippen molar-refractivity contribution in [2.75, 3.05) is 4.81 Å². The molecular weight excluding hydrogens is 457 g/mol. The molecule has 178 valence electrons. The second-order valence-corrected chi connectivity index (χ2v) is 9.78. The van der Waals surface area contributed by atoms with Gasteiger partial charge in [-0.05, 0) is 63.6 Å².